The number of aromatic nitrogens is 2. The van der Waals surface area contributed by atoms with Gasteiger partial charge in [-0.1, -0.05) is 0 Å². The predicted octanol–water partition coefficient (Wildman–Crippen LogP) is 0.506. The van der Waals surface area contributed by atoms with E-state index in [2.05, 4.69) is 9.97 Å². The zero-order valence-corrected chi connectivity index (χ0v) is 6.81. The highest BCUT2D eigenvalue weighted by molar-refractivity contribution is 5.51. The topological polar surface area (TPSA) is 52.8 Å². The van der Waals surface area contributed by atoms with Gasteiger partial charge in [-0.25, -0.2) is 14.4 Å². The third-order valence-electron chi connectivity index (χ3n) is 1.92. The molecular formula is C8H7FN4. The van der Waals surface area contributed by atoms with Gasteiger partial charge in [0.25, 0.3) is 0 Å². The van der Waals surface area contributed by atoms with Crippen LogP contribution in [0.25, 0.3) is 0 Å². The molecular weight excluding hydrogens is 171 g/mol. The Morgan fingerprint density at radius 2 is 2.15 bits per heavy atom. The van der Waals surface area contributed by atoms with Crippen LogP contribution in [-0.2, 0) is 0 Å². The van der Waals surface area contributed by atoms with Gasteiger partial charge in [-0.3, -0.25) is 0 Å². The lowest BCUT2D eigenvalue weighted by Gasteiger charge is -2.35. The SMILES string of the molecule is N#Cc1nccnc1N1CC(F)C1. The maximum absolute atomic E-state index is 12.5. The van der Waals surface area contributed by atoms with Crippen LogP contribution in [0.15, 0.2) is 12.4 Å². The summed E-state index contributed by atoms with van der Waals surface area (Å²) in [6, 6.07) is 1.92. The van der Waals surface area contributed by atoms with E-state index in [4.69, 9.17) is 5.26 Å². The molecule has 1 aliphatic heterocycles. The Labute approximate surface area is 74.6 Å². The van der Waals surface area contributed by atoms with Crippen LogP contribution in [0.4, 0.5) is 10.2 Å². The molecule has 0 radical (unpaired) electrons. The first kappa shape index (κ1) is 7.92. The molecule has 1 aromatic heterocycles. The smallest absolute Gasteiger partial charge is 0.183 e. The van der Waals surface area contributed by atoms with E-state index in [0.717, 1.165) is 0 Å². The molecule has 1 saturated heterocycles. The molecule has 0 bridgehead atoms. The Balaban J connectivity index is 2.26. The van der Waals surface area contributed by atoms with Crippen LogP contribution in [0.1, 0.15) is 5.69 Å². The number of nitrogens with zero attached hydrogens (tertiary/aromatic N) is 4. The molecule has 0 aliphatic carbocycles. The van der Waals surface area contributed by atoms with Crippen molar-refractivity contribution in [3.63, 3.8) is 0 Å². The van der Waals surface area contributed by atoms with Crippen molar-refractivity contribution >= 4 is 5.82 Å². The van der Waals surface area contributed by atoms with E-state index in [0.29, 0.717) is 18.9 Å². The fourth-order valence-electron chi connectivity index (χ4n) is 1.24. The Kier molecular flexibility index (Phi) is 1.81. The Morgan fingerprint density at radius 1 is 1.46 bits per heavy atom. The molecule has 0 aromatic carbocycles. The van der Waals surface area contributed by atoms with Crippen molar-refractivity contribution < 1.29 is 4.39 Å². The minimum Gasteiger partial charge on any atom is -0.348 e. The Bertz CT molecular complexity index is 353. The molecule has 2 rings (SSSR count). The maximum atomic E-state index is 12.5. The lowest BCUT2D eigenvalue weighted by atomic mass is 10.2. The normalized spacial score (nSPS) is 16.5. The number of anilines is 1. The third kappa shape index (κ3) is 1.31. The van der Waals surface area contributed by atoms with Crippen LogP contribution < -0.4 is 4.90 Å². The highest BCUT2D eigenvalue weighted by Gasteiger charge is 2.29. The number of hydrogen-bond donors (Lipinski definition) is 0. The fourth-order valence-corrected chi connectivity index (χ4v) is 1.24. The average Bonchev–Trinajstić information content (AvgIpc) is 2.13. The highest BCUT2D eigenvalue weighted by atomic mass is 19.1. The van der Waals surface area contributed by atoms with E-state index in [1.807, 2.05) is 6.07 Å². The van der Waals surface area contributed by atoms with Crippen molar-refractivity contribution in [2.75, 3.05) is 18.0 Å². The molecule has 1 aliphatic rings. The van der Waals surface area contributed by atoms with Gasteiger partial charge in [0.15, 0.2) is 11.5 Å². The van der Waals surface area contributed by atoms with Crippen molar-refractivity contribution in [3.8, 4) is 6.07 Å². The molecule has 0 saturated carbocycles. The van der Waals surface area contributed by atoms with E-state index in [1.54, 1.807) is 4.90 Å². The molecule has 4 nitrogen and oxygen atoms in total. The monoisotopic (exact) mass is 178 g/mol. The standard InChI is InChI=1S/C8H7FN4/c9-6-4-13(5-6)8-7(3-10)11-1-2-12-8/h1-2,6H,4-5H2. The number of nitriles is 1. The summed E-state index contributed by atoms with van der Waals surface area (Å²) in [5.41, 5.74) is 0.259. The molecule has 13 heavy (non-hydrogen) atoms. The first-order valence-corrected chi connectivity index (χ1v) is 3.91. The summed E-state index contributed by atoms with van der Waals surface area (Å²) in [6.07, 6.45) is 2.16. The van der Waals surface area contributed by atoms with Crippen LogP contribution in [0, 0.1) is 11.3 Å². The van der Waals surface area contributed by atoms with E-state index in [1.165, 1.54) is 12.4 Å². The highest BCUT2D eigenvalue weighted by Crippen LogP contribution is 2.21. The van der Waals surface area contributed by atoms with Gasteiger partial charge in [-0.2, -0.15) is 5.26 Å². The van der Waals surface area contributed by atoms with Crippen LogP contribution in [0.5, 0.6) is 0 Å². The number of hydrogen-bond acceptors (Lipinski definition) is 4. The van der Waals surface area contributed by atoms with Crippen molar-refractivity contribution in [2.24, 2.45) is 0 Å². The van der Waals surface area contributed by atoms with Crippen LogP contribution in [0.2, 0.25) is 0 Å². The van der Waals surface area contributed by atoms with Gasteiger partial charge in [-0.05, 0) is 0 Å². The predicted molar refractivity (Wildman–Crippen MR) is 43.9 cm³/mol. The van der Waals surface area contributed by atoms with Gasteiger partial charge in [0, 0.05) is 12.4 Å². The second-order valence-electron chi connectivity index (χ2n) is 2.84. The second-order valence-corrected chi connectivity index (χ2v) is 2.84. The summed E-state index contributed by atoms with van der Waals surface area (Å²) < 4.78 is 12.5. The van der Waals surface area contributed by atoms with Crippen molar-refractivity contribution in [3.05, 3.63) is 18.1 Å². The van der Waals surface area contributed by atoms with Gasteiger partial charge in [0.2, 0.25) is 0 Å². The molecule has 0 N–H and O–H groups in total. The summed E-state index contributed by atoms with van der Waals surface area (Å²) in [7, 11) is 0. The molecule has 66 valence electrons. The molecule has 0 atom stereocenters. The minimum absolute atomic E-state index is 0.259. The lowest BCUT2D eigenvalue weighted by Crippen LogP contribution is -2.49. The minimum atomic E-state index is -0.798. The van der Waals surface area contributed by atoms with Crippen LogP contribution in [0.3, 0.4) is 0 Å². The van der Waals surface area contributed by atoms with Crippen molar-refractivity contribution in [1.29, 1.82) is 5.26 Å². The van der Waals surface area contributed by atoms with Gasteiger partial charge >= 0.3 is 0 Å². The summed E-state index contributed by atoms with van der Waals surface area (Å²) >= 11 is 0. The second kappa shape index (κ2) is 2.98. The molecule has 1 aromatic rings. The average molecular weight is 178 g/mol. The van der Waals surface area contributed by atoms with Crippen LogP contribution >= 0.6 is 0 Å². The Hall–Kier alpha value is -1.70. The molecule has 2 heterocycles. The fraction of sp³-hybridized carbons (Fsp3) is 0.375. The molecule has 0 amide bonds. The maximum Gasteiger partial charge on any atom is 0.183 e. The first-order valence-electron chi connectivity index (χ1n) is 3.91. The zero-order valence-electron chi connectivity index (χ0n) is 6.81. The molecule has 1 fully saturated rings. The Morgan fingerprint density at radius 3 is 2.77 bits per heavy atom. The summed E-state index contributed by atoms with van der Waals surface area (Å²) in [6.45, 7) is 0.626. The number of rotatable bonds is 1. The number of alkyl halides is 1. The summed E-state index contributed by atoms with van der Waals surface area (Å²) in [5, 5.41) is 8.68. The number of halogens is 1. The lowest BCUT2D eigenvalue weighted by molar-refractivity contribution is 0.273. The zero-order chi connectivity index (χ0) is 9.26. The van der Waals surface area contributed by atoms with Gasteiger partial charge in [0.1, 0.15) is 12.2 Å². The first-order chi connectivity index (χ1) is 6.31. The summed E-state index contributed by atoms with van der Waals surface area (Å²) in [5.74, 6) is 0.485. The molecule has 0 unspecified atom stereocenters. The van der Waals surface area contributed by atoms with E-state index in [-0.39, 0.29) is 5.69 Å². The molecule has 5 heteroatoms. The van der Waals surface area contributed by atoms with Gasteiger partial charge < -0.3 is 4.90 Å². The summed E-state index contributed by atoms with van der Waals surface area (Å²) in [4.78, 5) is 9.52. The van der Waals surface area contributed by atoms with Gasteiger partial charge in [0.05, 0.1) is 13.1 Å². The third-order valence-corrected chi connectivity index (χ3v) is 1.92. The van der Waals surface area contributed by atoms with E-state index >= 15 is 0 Å². The molecule has 0 spiro atoms. The van der Waals surface area contributed by atoms with E-state index in [9.17, 15) is 4.39 Å². The van der Waals surface area contributed by atoms with E-state index < -0.39 is 6.17 Å². The van der Waals surface area contributed by atoms with Crippen LogP contribution in [-0.4, -0.2) is 29.2 Å². The van der Waals surface area contributed by atoms with Crippen molar-refractivity contribution in [2.45, 2.75) is 6.17 Å². The van der Waals surface area contributed by atoms with Crippen molar-refractivity contribution in [1.82, 2.24) is 9.97 Å². The quantitative estimate of drug-likeness (QED) is 0.628. The largest absolute Gasteiger partial charge is 0.348 e. The van der Waals surface area contributed by atoms with Gasteiger partial charge in [-0.15, -0.1) is 0 Å².